The van der Waals surface area contributed by atoms with Crippen molar-refractivity contribution in [3.05, 3.63) is 22.8 Å². The fraction of sp³-hybridized carbons (Fsp3) is 0.500. The minimum atomic E-state index is -1.09. The van der Waals surface area contributed by atoms with Crippen LogP contribution in [0.5, 0.6) is 5.88 Å². The Morgan fingerprint density at radius 2 is 2.18 bits per heavy atom. The molecule has 0 aromatic carbocycles. The second kappa shape index (κ2) is 5.36. The van der Waals surface area contributed by atoms with Gasteiger partial charge < -0.3 is 9.84 Å². The first-order valence-corrected chi connectivity index (χ1v) is 5.69. The molecule has 1 aromatic heterocycles. The number of halogens is 1. The molecule has 0 amide bonds. The number of aromatic carboxylic acids is 1. The van der Waals surface area contributed by atoms with Gasteiger partial charge in [-0.05, 0) is 17.9 Å². The molecule has 0 aliphatic rings. The lowest BCUT2D eigenvalue weighted by Gasteiger charge is -2.18. The van der Waals surface area contributed by atoms with Gasteiger partial charge in [-0.15, -0.1) is 0 Å². The molecule has 5 heteroatoms. The van der Waals surface area contributed by atoms with Crippen LogP contribution in [-0.2, 0) is 0 Å². The molecule has 94 valence electrons. The number of carbonyl (C=O) groups is 1. The number of aromatic nitrogens is 1. The van der Waals surface area contributed by atoms with E-state index in [0.29, 0.717) is 6.61 Å². The molecular weight excluding hydrogens is 242 g/mol. The quantitative estimate of drug-likeness (QED) is 0.900. The summed E-state index contributed by atoms with van der Waals surface area (Å²) in [7, 11) is 0. The second-order valence-corrected chi connectivity index (χ2v) is 5.32. The molecule has 17 heavy (non-hydrogen) atoms. The van der Waals surface area contributed by atoms with Gasteiger partial charge in [-0.1, -0.05) is 32.4 Å². The average molecular weight is 258 g/mol. The van der Waals surface area contributed by atoms with Gasteiger partial charge in [-0.3, -0.25) is 0 Å². The van der Waals surface area contributed by atoms with E-state index in [1.165, 1.54) is 12.3 Å². The Bertz CT molecular complexity index is 413. The largest absolute Gasteiger partial charge is 0.478 e. The molecule has 0 unspecified atom stereocenters. The van der Waals surface area contributed by atoms with Crippen LogP contribution in [0.4, 0.5) is 0 Å². The molecule has 0 saturated carbocycles. The number of hydrogen-bond donors (Lipinski definition) is 1. The third kappa shape index (κ3) is 4.23. The molecule has 0 atom stereocenters. The van der Waals surface area contributed by atoms with Crippen molar-refractivity contribution < 1.29 is 14.6 Å². The van der Waals surface area contributed by atoms with Gasteiger partial charge in [0.1, 0.15) is 5.02 Å². The van der Waals surface area contributed by atoms with E-state index in [-0.39, 0.29) is 21.9 Å². The summed E-state index contributed by atoms with van der Waals surface area (Å²) < 4.78 is 5.40. The van der Waals surface area contributed by atoms with Crippen LogP contribution >= 0.6 is 11.6 Å². The third-order valence-corrected chi connectivity index (χ3v) is 2.54. The highest BCUT2D eigenvalue weighted by atomic mass is 35.5. The fourth-order valence-corrected chi connectivity index (χ4v) is 1.39. The number of ether oxygens (including phenoxy) is 1. The highest BCUT2D eigenvalue weighted by Gasteiger charge is 2.15. The lowest BCUT2D eigenvalue weighted by Crippen LogP contribution is -2.12. The first kappa shape index (κ1) is 13.8. The predicted octanol–water partition coefficient (Wildman–Crippen LogP) is 3.25. The zero-order valence-electron chi connectivity index (χ0n) is 10.2. The Hall–Kier alpha value is -1.29. The van der Waals surface area contributed by atoms with E-state index in [9.17, 15) is 4.79 Å². The van der Waals surface area contributed by atoms with E-state index in [1.54, 1.807) is 0 Å². The van der Waals surface area contributed by atoms with Gasteiger partial charge >= 0.3 is 5.97 Å². The Labute approximate surface area is 106 Å². The Balaban J connectivity index is 2.72. The molecule has 0 aliphatic carbocycles. The van der Waals surface area contributed by atoms with Crippen LogP contribution < -0.4 is 4.74 Å². The van der Waals surface area contributed by atoms with Crippen LogP contribution in [0.15, 0.2) is 12.3 Å². The number of pyridine rings is 1. The molecule has 1 aromatic rings. The average Bonchev–Trinajstić information content (AvgIpc) is 2.18. The summed E-state index contributed by atoms with van der Waals surface area (Å²) in [6, 6.07) is 1.35. The first-order chi connectivity index (χ1) is 7.81. The van der Waals surface area contributed by atoms with Crippen LogP contribution in [-0.4, -0.2) is 22.7 Å². The molecular formula is C12H16ClNO3. The van der Waals surface area contributed by atoms with Gasteiger partial charge in [0.15, 0.2) is 0 Å². The van der Waals surface area contributed by atoms with Crippen molar-refractivity contribution in [1.29, 1.82) is 0 Å². The summed E-state index contributed by atoms with van der Waals surface area (Å²) in [6.45, 7) is 6.75. The van der Waals surface area contributed by atoms with Gasteiger partial charge in [0.2, 0.25) is 5.88 Å². The topological polar surface area (TPSA) is 59.4 Å². The summed E-state index contributed by atoms with van der Waals surface area (Å²) in [5.41, 5.74) is 0.157. The van der Waals surface area contributed by atoms with Crippen molar-refractivity contribution in [1.82, 2.24) is 4.98 Å². The van der Waals surface area contributed by atoms with E-state index < -0.39 is 5.97 Å². The molecule has 1 N–H and O–H groups in total. The van der Waals surface area contributed by atoms with E-state index in [0.717, 1.165) is 6.42 Å². The fourth-order valence-electron chi connectivity index (χ4n) is 1.14. The lowest BCUT2D eigenvalue weighted by molar-refractivity contribution is 0.0696. The summed E-state index contributed by atoms with van der Waals surface area (Å²) in [5.74, 6) is -0.908. The molecule has 0 aliphatic heterocycles. The van der Waals surface area contributed by atoms with Crippen molar-refractivity contribution in [3.63, 3.8) is 0 Å². The summed E-state index contributed by atoms with van der Waals surface area (Å²) in [4.78, 5) is 14.8. The molecule has 1 heterocycles. The van der Waals surface area contributed by atoms with E-state index >= 15 is 0 Å². The number of nitrogens with zero attached hydrogens (tertiary/aromatic N) is 1. The minimum absolute atomic E-state index is 0.00688. The van der Waals surface area contributed by atoms with Crippen LogP contribution in [0.3, 0.4) is 0 Å². The number of hydrogen-bond acceptors (Lipinski definition) is 3. The molecule has 0 spiro atoms. The maximum atomic E-state index is 10.8. The standard InChI is InChI=1S/C12H16ClNO3/c1-12(2,3)5-7-17-10-9(13)8(11(15)16)4-6-14-10/h4,6H,5,7H2,1-3H3,(H,15,16). The zero-order valence-corrected chi connectivity index (χ0v) is 10.9. The molecule has 0 fully saturated rings. The van der Waals surface area contributed by atoms with Crippen molar-refractivity contribution in [2.24, 2.45) is 5.41 Å². The molecule has 4 nitrogen and oxygen atoms in total. The van der Waals surface area contributed by atoms with Crippen LogP contribution in [0.2, 0.25) is 5.02 Å². The van der Waals surface area contributed by atoms with Gasteiger partial charge in [-0.2, -0.15) is 0 Å². The van der Waals surface area contributed by atoms with Gasteiger partial charge in [0, 0.05) is 6.20 Å². The Morgan fingerprint density at radius 1 is 1.53 bits per heavy atom. The maximum absolute atomic E-state index is 10.8. The third-order valence-electron chi connectivity index (χ3n) is 2.18. The van der Waals surface area contributed by atoms with E-state index in [2.05, 4.69) is 25.8 Å². The maximum Gasteiger partial charge on any atom is 0.337 e. The van der Waals surface area contributed by atoms with Gasteiger partial charge in [0.05, 0.1) is 12.2 Å². The molecule has 0 radical (unpaired) electrons. The van der Waals surface area contributed by atoms with Crippen molar-refractivity contribution in [2.75, 3.05) is 6.61 Å². The lowest BCUT2D eigenvalue weighted by atomic mass is 9.93. The normalized spacial score (nSPS) is 11.3. The number of carboxylic acid groups (broad SMARTS) is 1. The molecule has 1 rings (SSSR count). The number of rotatable bonds is 4. The van der Waals surface area contributed by atoms with E-state index in [1.807, 2.05) is 0 Å². The highest BCUT2D eigenvalue weighted by Crippen LogP contribution is 2.26. The molecule has 0 bridgehead atoms. The summed E-state index contributed by atoms with van der Waals surface area (Å²) in [5, 5.41) is 8.93. The summed E-state index contributed by atoms with van der Waals surface area (Å²) >= 11 is 5.89. The zero-order chi connectivity index (χ0) is 13.1. The summed E-state index contributed by atoms with van der Waals surface area (Å²) in [6.07, 6.45) is 2.21. The van der Waals surface area contributed by atoms with Gasteiger partial charge in [0.25, 0.3) is 0 Å². The highest BCUT2D eigenvalue weighted by molar-refractivity contribution is 6.34. The molecule has 0 saturated heterocycles. The van der Waals surface area contributed by atoms with Crippen LogP contribution in [0.25, 0.3) is 0 Å². The Kier molecular flexibility index (Phi) is 4.34. The van der Waals surface area contributed by atoms with E-state index in [4.69, 9.17) is 21.4 Å². The monoisotopic (exact) mass is 257 g/mol. The Morgan fingerprint density at radius 3 is 2.71 bits per heavy atom. The SMILES string of the molecule is CC(C)(C)CCOc1nccc(C(=O)O)c1Cl. The first-order valence-electron chi connectivity index (χ1n) is 5.32. The van der Waals surface area contributed by atoms with Crippen molar-refractivity contribution in [3.8, 4) is 5.88 Å². The van der Waals surface area contributed by atoms with Crippen LogP contribution in [0, 0.1) is 5.41 Å². The van der Waals surface area contributed by atoms with Crippen molar-refractivity contribution in [2.45, 2.75) is 27.2 Å². The van der Waals surface area contributed by atoms with Gasteiger partial charge in [-0.25, -0.2) is 9.78 Å². The second-order valence-electron chi connectivity index (χ2n) is 4.94. The van der Waals surface area contributed by atoms with Crippen molar-refractivity contribution >= 4 is 17.6 Å². The minimum Gasteiger partial charge on any atom is -0.478 e. The predicted molar refractivity (Wildman–Crippen MR) is 65.8 cm³/mol. The smallest absolute Gasteiger partial charge is 0.337 e. The number of carboxylic acids is 1. The van der Waals surface area contributed by atoms with Crippen LogP contribution in [0.1, 0.15) is 37.6 Å².